The number of carbonyl (C=O) groups excluding carboxylic acids is 1. The first-order valence-electron chi connectivity index (χ1n) is 8.89. The van der Waals surface area contributed by atoms with Crippen LogP contribution in [0.5, 0.6) is 0 Å². The fourth-order valence-corrected chi connectivity index (χ4v) is 3.33. The number of amides is 1. The van der Waals surface area contributed by atoms with Crippen molar-refractivity contribution in [2.24, 2.45) is 0 Å². The van der Waals surface area contributed by atoms with Gasteiger partial charge in [-0.05, 0) is 31.0 Å². The molecule has 0 saturated carbocycles. The molecule has 5 nitrogen and oxygen atoms in total. The Morgan fingerprint density at radius 1 is 1.16 bits per heavy atom. The van der Waals surface area contributed by atoms with E-state index in [2.05, 4.69) is 57.4 Å². The van der Waals surface area contributed by atoms with Crippen molar-refractivity contribution in [1.82, 2.24) is 15.2 Å². The van der Waals surface area contributed by atoms with E-state index in [0.29, 0.717) is 11.6 Å². The molecule has 1 aliphatic rings. The molecule has 0 spiro atoms. The van der Waals surface area contributed by atoms with Crippen LogP contribution in [0.4, 0.5) is 5.82 Å². The van der Waals surface area contributed by atoms with Gasteiger partial charge in [0.2, 0.25) is 0 Å². The van der Waals surface area contributed by atoms with Gasteiger partial charge >= 0.3 is 0 Å². The van der Waals surface area contributed by atoms with Gasteiger partial charge in [0.05, 0.1) is 5.56 Å². The van der Waals surface area contributed by atoms with Gasteiger partial charge in [-0.25, -0.2) is 4.98 Å². The van der Waals surface area contributed by atoms with Crippen LogP contribution in [0.15, 0.2) is 48.7 Å². The van der Waals surface area contributed by atoms with Crippen molar-refractivity contribution in [2.75, 3.05) is 31.6 Å². The van der Waals surface area contributed by atoms with Gasteiger partial charge in [0.1, 0.15) is 5.82 Å². The molecule has 0 aliphatic carbocycles. The van der Waals surface area contributed by atoms with Crippen molar-refractivity contribution in [3.63, 3.8) is 0 Å². The predicted molar refractivity (Wildman–Crippen MR) is 101 cm³/mol. The van der Waals surface area contributed by atoms with Crippen LogP contribution >= 0.6 is 0 Å². The highest BCUT2D eigenvalue weighted by atomic mass is 16.1. The number of hydrogen-bond donors (Lipinski definition) is 1. The Morgan fingerprint density at radius 3 is 2.72 bits per heavy atom. The molecule has 1 aliphatic heterocycles. The van der Waals surface area contributed by atoms with Gasteiger partial charge in [0.25, 0.3) is 5.91 Å². The number of nitrogens with one attached hydrogen (secondary N) is 1. The van der Waals surface area contributed by atoms with Crippen molar-refractivity contribution >= 4 is 11.7 Å². The number of anilines is 1. The monoisotopic (exact) mass is 338 g/mol. The molecule has 25 heavy (non-hydrogen) atoms. The summed E-state index contributed by atoms with van der Waals surface area (Å²) in [4.78, 5) is 21.4. The summed E-state index contributed by atoms with van der Waals surface area (Å²) in [5.41, 5.74) is 1.99. The number of rotatable bonds is 4. The second-order valence-electron chi connectivity index (χ2n) is 6.53. The lowest BCUT2D eigenvalue weighted by atomic mass is 10.1. The Bertz CT molecular complexity index is 704. The van der Waals surface area contributed by atoms with Crippen LogP contribution < -0.4 is 10.2 Å². The molecule has 0 radical (unpaired) electrons. The van der Waals surface area contributed by atoms with E-state index in [1.165, 1.54) is 5.56 Å². The maximum absolute atomic E-state index is 12.1. The largest absolute Gasteiger partial charge is 0.355 e. The first-order chi connectivity index (χ1) is 12.2. The molecule has 132 valence electrons. The lowest BCUT2D eigenvalue weighted by Gasteiger charge is -2.26. The highest BCUT2D eigenvalue weighted by Crippen LogP contribution is 2.22. The highest BCUT2D eigenvalue weighted by molar-refractivity contribution is 5.98. The summed E-state index contributed by atoms with van der Waals surface area (Å²) in [7, 11) is 1.66. The molecule has 1 N–H and O–H groups in total. The molecule has 2 heterocycles. The summed E-state index contributed by atoms with van der Waals surface area (Å²) in [6, 6.07) is 14.8. The summed E-state index contributed by atoms with van der Waals surface area (Å²) in [5.74, 6) is 0.706. The average molecular weight is 338 g/mol. The maximum Gasteiger partial charge on any atom is 0.254 e. The van der Waals surface area contributed by atoms with E-state index in [4.69, 9.17) is 0 Å². The van der Waals surface area contributed by atoms with Crippen molar-refractivity contribution in [2.45, 2.75) is 25.9 Å². The SMILES string of the molecule is CNC(=O)c1cccnc1N1CCC(C)N(Cc2ccccc2)CC1. The minimum absolute atomic E-state index is 0.0819. The van der Waals surface area contributed by atoms with Gasteiger partial charge in [-0.3, -0.25) is 9.69 Å². The molecule has 0 bridgehead atoms. The van der Waals surface area contributed by atoms with E-state index in [0.717, 1.165) is 38.4 Å². The Hall–Kier alpha value is -2.40. The Kier molecular flexibility index (Phi) is 5.66. The molecule has 1 aromatic heterocycles. The van der Waals surface area contributed by atoms with E-state index in [1.807, 2.05) is 12.1 Å². The number of hydrogen-bond acceptors (Lipinski definition) is 4. The average Bonchev–Trinajstić information content (AvgIpc) is 2.84. The van der Waals surface area contributed by atoms with Crippen LogP contribution in [0.3, 0.4) is 0 Å². The minimum atomic E-state index is -0.0819. The second-order valence-corrected chi connectivity index (χ2v) is 6.53. The van der Waals surface area contributed by atoms with Gasteiger partial charge in [-0.2, -0.15) is 0 Å². The fourth-order valence-electron chi connectivity index (χ4n) is 3.33. The molecular formula is C20H26N4O. The standard InChI is InChI=1S/C20H26N4O/c1-16-10-12-23(19-18(20(25)21-2)9-6-11-22-19)13-14-24(16)15-17-7-4-3-5-8-17/h3-9,11,16H,10,12-15H2,1-2H3,(H,21,25). The first kappa shape index (κ1) is 17.4. The number of nitrogens with zero attached hydrogens (tertiary/aromatic N) is 3. The third-order valence-corrected chi connectivity index (χ3v) is 4.88. The quantitative estimate of drug-likeness (QED) is 0.931. The number of benzene rings is 1. The van der Waals surface area contributed by atoms with Crippen molar-refractivity contribution < 1.29 is 4.79 Å². The summed E-state index contributed by atoms with van der Waals surface area (Å²) >= 11 is 0. The van der Waals surface area contributed by atoms with E-state index in [9.17, 15) is 4.79 Å². The Balaban J connectivity index is 1.74. The maximum atomic E-state index is 12.1. The topological polar surface area (TPSA) is 48.5 Å². The lowest BCUT2D eigenvalue weighted by Crippen LogP contribution is -2.35. The molecule has 1 unspecified atom stereocenters. The van der Waals surface area contributed by atoms with Crippen LogP contribution in [0.1, 0.15) is 29.3 Å². The molecule has 1 aromatic carbocycles. The summed E-state index contributed by atoms with van der Waals surface area (Å²) in [6.07, 6.45) is 2.81. The number of carbonyl (C=O) groups is 1. The molecule has 1 atom stereocenters. The normalized spacial score (nSPS) is 18.6. The zero-order valence-corrected chi connectivity index (χ0v) is 15.0. The molecule has 2 aromatic rings. The van der Waals surface area contributed by atoms with E-state index >= 15 is 0 Å². The van der Waals surface area contributed by atoms with Crippen LogP contribution in [-0.2, 0) is 6.54 Å². The van der Waals surface area contributed by atoms with Gasteiger partial charge in [0, 0.05) is 45.5 Å². The van der Waals surface area contributed by atoms with E-state index in [1.54, 1.807) is 13.2 Å². The highest BCUT2D eigenvalue weighted by Gasteiger charge is 2.24. The Labute approximate surface area is 149 Å². The van der Waals surface area contributed by atoms with Crippen LogP contribution in [0.25, 0.3) is 0 Å². The molecule has 3 rings (SSSR count). The minimum Gasteiger partial charge on any atom is -0.355 e. The zero-order valence-electron chi connectivity index (χ0n) is 15.0. The van der Waals surface area contributed by atoms with Crippen molar-refractivity contribution in [3.8, 4) is 0 Å². The van der Waals surface area contributed by atoms with Crippen LogP contribution in [-0.4, -0.2) is 48.5 Å². The molecule has 5 heteroatoms. The lowest BCUT2D eigenvalue weighted by molar-refractivity contribution is 0.0963. The van der Waals surface area contributed by atoms with Crippen LogP contribution in [0, 0.1) is 0 Å². The summed E-state index contributed by atoms with van der Waals surface area (Å²) < 4.78 is 0. The van der Waals surface area contributed by atoms with Gasteiger partial charge < -0.3 is 10.2 Å². The second kappa shape index (κ2) is 8.12. The van der Waals surface area contributed by atoms with Crippen molar-refractivity contribution in [3.05, 3.63) is 59.8 Å². The summed E-state index contributed by atoms with van der Waals surface area (Å²) in [5, 5.41) is 2.71. The number of pyridine rings is 1. The van der Waals surface area contributed by atoms with E-state index < -0.39 is 0 Å². The van der Waals surface area contributed by atoms with Crippen molar-refractivity contribution in [1.29, 1.82) is 0 Å². The van der Waals surface area contributed by atoms with E-state index in [-0.39, 0.29) is 5.91 Å². The molecule has 1 amide bonds. The van der Waals surface area contributed by atoms with Gasteiger partial charge in [-0.15, -0.1) is 0 Å². The predicted octanol–water partition coefficient (Wildman–Crippen LogP) is 2.54. The first-order valence-corrected chi connectivity index (χ1v) is 8.89. The number of aromatic nitrogens is 1. The smallest absolute Gasteiger partial charge is 0.254 e. The van der Waals surface area contributed by atoms with Gasteiger partial charge in [-0.1, -0.05) is 30.3 Å². The van der Waals surface area contributed by atoms with Crippen LogP contribution in [0.2, 0.25) is 0 Å². The summed E-state index contributed by atoms with van der Waals surface area (Å²) in [6.45, 7) is 5.98. The fraction of sp³-hybridized carbons (Fsp3) is 0.400. The Morgan fingerprint density at radius 2 is 1.96 bits per heavy atom. The third-order valence-electron chi connectivity index (χ3n) is 4.88. The molecule has 1 saturated heterocycles. The molecular weight excluding hydrogens is 312 g/mol. The third kappa shape index (κ3) is 4.17. The molecule has 1 fully saturated rings. The van der Waals surface area contributed by atoms with Gasteiger partial charge in [0.15, 0.2) is 0 Å². The zero-order chi connectivity index (χ0) is 17.6.